The Morgan fingerprint density at radius 1 is 0.765 bits per heavy atom. The highest BCUT2D eigenvalue weighted by Gasteiger charge is 2.26. The first-order valence-corrected chi connectivity index (χ1v) is 11.2. The first-order valence-electron chi connectivity index (χ1n) is 11.2. The Kier molecular flexibility index (Phi) is 7.57. The number of carbonyl (C=O) groups excluding carboxylic acids is 2. The van der Waals surface area contributed by atoms with Crippen LogP contribution in [0.2, 0.25) is 0 Å². The molecule has 1 fully saturated rings. The van der Waals surface area contributed by atoms with Crippen LogP contribution in [0.3, 0.4) is 0 Å². The minimum absolute atomic E-state index is 0.139. The number of hydrogen-bond donors (Lipinski definition) is 3. The fraction of sp³-hybridized carbons (Fsp3) is 0.185. The van der Waals surface area contributed by atoms with Crippen LogP contribution >= 0.6 is 0 Å². The fourth-order valence-corrected chi connectivity index (χ4v) is 3.53. The van der Waals surface area contributed by atoms with Gasteiger partial charge in [0.2, 0.25) is 0 Å². The average molecular weight is 457 g/mol. The molecule has 7 nitrogen and oxygen atoms in total. The Balaban J connectivity index is 1.74. The van der Waals surface area contributed by atoms with E-state index in [-0.39, 0.29) is 17.5 Å². The third-order valence-corrected chi connectivity index (χ3v) is 5.40. The van der Waals surface area contributed by atoms with Crippen molar-refractivity contribution in [3.63, 3.8) is 0 Å². The molecule has 0 bridgehead atoms. The summed E-state index contributed by atoms with van der Waals surface area (Å²) in [7, 11) is 0. The van der Waals surface area contributed by atoms with Crippen LogP contribution in [0.4, 0.5) is 11.4 Å². The maximum atomic E-state index is 13.7. The standard InChI is InChI=1S/C27H28N4O3/c1-20-12-14-21(15-13-20)26(32)30-24(27(33)31-16-18-34-19-17-31)25(28-22-8-4-2-5-9-22)29-23-10-6-3-7-11-23/h2-15,28-29H,16-19H2,1H3,(H,30,32). The van der Waals surface area contributed by atoms with Gasteiger partial charge in [-0.05, 0) is 43.3 Å². The summed E-state index contributed by atoms with van der Waals surface area (Å²) in [5.74, 6) is -0.265. The zero-order valence-corrected chi connectivity index (χ0v) is 19.1. The van der Waals surface area contributed by atoms with Crippen molar-refractivity contribution in [1.29, 1.82) is 0 Å². The summed E-state index contributed by atoms with van der Waals surface area (Å²) in [4.78, 5) is 28.5. The zero-order valence-electron chi connectivity index (χ0n) is 19.1. The van der Waals surface area contributed by atoms with Gasteiger partial charge in [-0.2, -0.15) is 0 Å². The van der Waals surface area contributed by atoms with Crippen LogP contribution < -0.4 is 16.0 Å². The van der Waals surface area contributed by atoms with Gasteiger partial charge in [-0.1, -0.05) is 54.1 Å². The summed E-state index contributed by atoms with van der Waals surface area (Å²) < 4.78 is 5.41. The molecule has 3 N–H and O–H groups in total. The molecule has 0 spiro atoms. The lowest BCUT2D eigenvalue weighted by Gasteiger charge is -2.29. The molecule has 174 valence electrons. The topological polar surface area (TPSA) is 82.7 Å². The third-order valence-electron chi connectivity index (χ3n) is 5.40. The summed E-state index contributed by atoms with van der Waals surface area (Å²) >= 11 is 0. The molecule has 1 aliphatic rings. The number of nitrogens with zero attached hydrogens (tertiary/aromatic N) is 1. The maximum absolute atomic E-state index is 13.7. The van der Waals surface area contributed by atoms with Gasteiger partial charge in [-0.15, -0.1) is 0 Å². The molecular weight excluding hydrogens is 428 g/mol. The molecule has 3 aromatic carbocycles. The van der Waals surface area contributed by atoms with Crippen molar-refractivity contribution >= 4 is 23.2 Å². The average Bonchev–Trinajstić information content (AvgIpc) is 2.88. The second kappa shape index (κ2) is 11.2. The van der Waals surface area contributed by atoms with Gasteiger partial charge in [-0.25, -0.2) is 0 Å². The minimum atomic E-state index is -0.362. The van der Waals surface area contributed by atoms with Crippen LogP contribution in [0.15, 0.2) is 96.4 Å². The number of hydrogen-bond acceptors (Lipinski definition) is 5. The highest BCUT2D eigenvalue weighted by molar-refractivity contribution is 6.03. The summed E-state index contributed by atoms with van der Waals surface area (Å²) in [6.07, 6.45) is 0. The minimum Gasteiger partial charge on any atom is -0.378 e. The van der Waals surface area contributed by atoms with Crippen molar-refractivity contribution in [1.82, 2.24) is 10.2 Å². The van der Waals surface area contributed by atoms with Gasteiger partial charge in [0.1, 0.15) is 11.5 Å². The number of carbonyl (C=O) groups is 2. The van der Waals surface area contributed by atoms with Crippen molar-refractivity contribution in [3.8, 4) is 0 Å². The van der Waals surface area contributed by atoms with E-state index in [1.165, 1.54) is 0 Å². The molecule has 7 heteroatoms. The van der Waals surface area contributed by atoms with E-state index in [4.69, 9.17) is 4.74 Å². The molecule has 2 amide bonds. The molecule has 0 saturated carbocycles. The van der Waals surface area contributed by atoms with Gasteiger partial charge >= 0.3 is 0 Å². The van der Waals surface area contributed by atoms with E-state index in [0.717, 1.165) is 16.9 Å². The van der Waals surface area contributed by atoms with Crippen LogP contribution in [0.1, 0.15) is 15.9 Å². The van der Waals surface area contributed by atoms with Crippen molar-refractivity contribution in [2.24, 2.45) is 0 Å². The Morgan fingerprint density at radius 2 is 1.29 bits per heavy atom. The van der Waals surface area contributed by atoms with E-state index in [0.29, 0.717) is 37.7 Å². The summed E-state index contributed by atoms with van der Waals surface area (Å²) in [5, 5.41) is 9.45. The van der Waals surface area contributed by atoms with E-state index in [9.17, 15) is 9.59 Å². The third kappa shape index (κ3) is 6.02. The summed E-state index contributed by atoms with van der Waals surface area (Å²) in [6.45, 7) is 3.77. The van der Waals surface area contributed by atoms with Crippen LogP contribution in [0.5, 0.6) is 0 Å². The Hall–Kier alpha value is -4.10. The SMILES string of the molecule is Cc1ccc(C(=O)NC(C(=O)N2CCOCC2)=C(Nc2ccccc2)Nc2ccccc2)cc1. The highest BCUT2D eigenvalue weighted by Crippen LogP contribution is 2.18. The van der Waals surface area contributed by atoms with Crippen LogP contribution in [0, 0.1) is 6.92 Å². The molecule has 4 rings (SSSR count). The predicted octanol–water partition coefficient (Wildman–Crippen LogP) is 3.98. The molecule has 34 heavy (non-hydrogen) atoms. The van der Waals surface area contributed by atoms with Crippen molar-refractivity contribution < 1.29 is 14.3 Å². The van der Waals surface area contributed by atoms with Gasteiger partial charge in [0.15, 0.2) is 0 Å². The summed E-state index contributed by atoms with van der Waals surface area (Å²) in [5.41, 5.74) is 3.21. The van der Waals surface area contributed by atoms with Crippen LogP contribution in [0.25, 0.3) is 0 Å². The first kappa shape index (κ1) is 23.1. The number of nitrogens with one attached hydrogen (secondary N) is 3. The fourth-order valence-electron chi connectivity index (χ4n) is 3.53. The van der Waals surface area contributed by atoms with Crippen LogP contribution in [-0.4, -0.2) is 43.0 Å². The maximum Gasteiger partial charge on any atom is 0.274 e. The van der Waals surface area contributed by atoms with E-state index in [1.807, 2.05) is 79.7 Å². The van der Waals surface area contributed by atoms with Gasteiger partial charge in [0.05, 0.1) is 13.2 Å². The zero-order chi connectivity index (χ0) is 23.8. The van der Waals surface area contributed by atoms with E-state index in [1.54, 1.807) is 17.0 Å². The number of amides is 2. The molecular formula is C27H28N4O3. The number of benzene rings is 3. The number of morpholine rings is 1. The first-order chi connectivity index (χ1) is 16.6. The van der Waals surface area contributed by atoms with E-state index >= 15 is 0 Å². The number of anilines is 2. The molecule has 0 radical (unpaired) electrons. The number of ether oxygens (including phenoxy) is 1. The molecule has 0 aromatic heterocycles. The lowest BCUT2D eigenvalue weighted by Crippen LogP contribution is -2.45. The molecule has 0 unspecified atom stereocenters. The Bertz CT molecular complexity index is 1100. The molecule has 0 atom stereocenters. The number of aryl methyl sites for hydroxylation is 1. The van der Waals surface area contributed by atoms with Crippen molar-refractivity contribution in [3.05, 3.63) is 108 Å². The smallest absolute Gasteiger partial charge is 0.274 e. The molecule has 0 aliphatic carbocycles. The normalized spacial score (nSPS) is 13.0. The van der Waals surface area contributed by atoms with Gasteiger partial charge in [0, 0.05) is 30.0 Å². The lowest BCUT2D eigenvalue weighted by atomic mass is 10.1. The van der Waals surface area contributed by atoms with Gasteiger partial charge < -0.3 is 25.6 Å². The quantitative estimate of drug-likeness (QED) is 0.469. The molecule has 1 saturated heterocycles. The van der Waals surface area contributed by atoms with Crippen LogP contribution in [-0.2, 0) is 9.53 Å². The summed E-state index contributed by atoms with van der Waals surface area (Å²) in [6, 6.07) is 26.2. The Morgan fingerprint density at radius 3 is 1.82 bits per heavy atom. The van der Waals surface area contributed by atoms with E-state index in [2.05, 4.69) is 16.0 Å². The highest BCUT2D eigenvalue weighted by atomic mass is 16.5. The monoisotopic (exact) mass is 456 g/mol. The van der Waals surface area contributed by atoms with Crippen molar-refractivity contribution in [2.75, 3.05) is 36.9 Å². The molecule has 1 heterocycles. The Labute approximate surface area is 199 Å². The van der Waals surface area contributed by atoms with Gasteiger partial charge in [0.25, 0.3) is 11.8 Å². The van der Waals surface area contributed by atoms with Gasteiger partial charge in [-0.3, -0.25) is 9.59 Å². The number of rotatable bonds is 7. The second-order valence-electron chi connectivity index (χ2n) is 7.96. The second-order valence-corrected chi connectivity index (χ2v) is 7.96. The van der Waals surface area contributed by atoms with E-state index < -0.39 is 0 Å². The largest absolute Gasteiger partial charge is 0.378 e. The predicted molar refractivity (Wildman–Crippen MR) is 133 cm³/mol. The molecule has 3 aromatic rings. The van der Waals surface area contributed by atoms with Crippen molar-refractivity contribution in [2.45, 2.75) is 6.92 Å². The molecule has 1 aliphatic heterocycles. The number of para-hydroxylation sites is 2. The lowest BCUT2D eigenvalue weighted by molar-refractivity contribution is -0.131.